The fraction of sp³-hybridized carbons (Fsp3) is 0. The molecule has 0 amide bonds. The van der Waals surface area contributed by atoms with Gasteiger partial charge < -0.3 is 9.15 Å². The molecule has 0 saturated heterocycles. The summed E-state index contributed by atoms with van der Waals surface area (Å²) in [6.45, 7) is 0. The van der Waals surface area contributed by atoms with E-state index in [4.69, 9.17) is 9.15 Å². The molecule has 0 aliphatic heterocycles. The minimum absolute atomic E-state index is 0.157. The summed E-state index contributed by atoms with van der Waals surface area (Å²) >= 11 is 0. The smallest absolute Gasteiger partial charge is 0.346 e. The summed E-state index contributed by atoms with van der Waals surface area (Å²) < 4.78 is 24.2. The first-order chi connectivity index (χ1) is 13.1. The van der Waals surface area contributed by atoms with Crippen LogP contribution in [0.2, 0.25) is 0 Å². The van der Waals surface area contributed by atoms with Crippen LogP contribution in [0.25, 0.3) is 22.1 Å². The number of carbonyl (C=O) groups is 1. The Labute approximate surface area is 153 Å². The van der Waals surface area contributed by atoms with Crippen LogP contribution < -0.4 is 10.4 Å². The molecule has 5 heteroatoms. The van der Waals surface area contributed by atoms with Crippen molar-refractivity contribution in [1.29, 1.82) is 0 Å². The molecule has 0 fully saturated rings. The number of hydrogen-bond acceptors (Lipinski definition) is 4. The maximum atomic E-state index is 13.7. The molecule has 0 bridgehead atoms. The molecule has 4 rings (SSSR count). The molecule has 0 spiro atoms. The molecule has 4 aromatic rings. The van der Waals surface area contributed by atoms with Gasteiger partial charge in [-0.25, -0.2) is 14.0 Å². The normalized spacial score (nSPS) is 10.7. The van der Waals surface area contributed by atoms with Crippen LogP contribution in [0.1, 0.15) is 10.4 Å². The molecule has 0 atom stereocenters. The second-order valence-corrected chi connectivity index (χ2v) is 5.87. The summed E-state index contributed by atoms with van der Waals surface area (Å²) in [6.07, 6.45) is 0. The first-order valence-corrected chi connectivity index (χ1v) is 8.22. The van der Waals surface area contributed by atoms with E-state index in [1.165, 1.54) is 30.3 Å². The van der Waals surface area contributed by atoms with Gasteiger partial charge in [-0.05, 0) is 35.4 Å². The van der Waals surface area contributed by atoms with Crippen LogP contribution in [0.3, 0.4) is 0 Å². The number of benzene rings is 3. The van der Waals surface area contributed by atoms with Crippen molar-refractivity contribution in [2.45, 2.75) is 0 Å². The second kappa shape index (κ2) is 6.88. The van der Waals surface area contributed by atoms with E-state index in [0.29, 0.717) is 10.9 Å². The zero-order valence-electron chi connectivity index (χ0n) is 14.0. The Bertz CT molecular complexity index is 1200. The number of esters is 1. The number of hydrogen-bond donors (Lipinski definition) is 0. The molecule has 0 aliphatic rings. The van der Waals surface area contributed by atoms with E-state index in [2.05, 4.69) is 0 Å². The van der Waals surface area contributed by atoms with Crippen molar-refractivity contribution in [3.8, 4) is 16.9 Å². The molecular formula is C22H13FO4. The molecule has 0 radical (unpaired) electrons. The largest absolute Gasteiger partial charge is 0.423 e. The van der Waals surface area contributed by atoms with Gasteiger partial charge in [-0.2, -0.15) is 0 Å². The van der Waals surface area contributed by atoms with Crippen LogP contribution in [0.4, 0.5) is 4.39 Å². The average molecular weight is 360 g/mol. The standard InChI is InChI=1S/C22H13FO4/c23-19-9-5-4-8-17(19)22(25)26-15-10-11-16-18(14-6-2-1-3-7-14)13-21(24)27-20(16)12-15/h1-13H. The van der Waals surface area contributed by atoms with Crippen molar-refractivity contribution in [3.63, 3.8) is 0 Å². The van der Waals surface area contributed by atoms with Crippen LogP contribution in [0.5, 0.6) is 5.75 Å². The highest BCUT2D eigenvalue weighted by atomic mass is 19.1. The summed E-state index contributed by atoms with van der Waals surface area (Å²) in [5.74, 6) is -1.33. The third-order valence-electron chi connectivity index (χ3n) is 4.11. The van der Waals surface area contributed by atoms with Crippen molar-refractivity contribution in [3.05, 3.63) is 101 Å². The highest BCUT2D eigenvalue weighted by Gasteiger charge is 2.15. The zero-order valence-corrected chi connectivity index (χ0v) is 14.0. The van der Waals surface area contributed by atoms with Gasteiger partial charge in [0.25, 0.3) is 0 Å². The van der Waals surface area contributed by atoms with Crippen LogP contribution >= 0.6 is 0 Å². The summed E-state index contributed by atoms with van der Waals surface area (Å²) in [5, 5.41) is 0.700. The lowest BCUT2D eigenvalue weighted by atomic mass is 10.0. The van der Waals surface area contributed by atoms with E-state index in [1.54, 1.807) is 18.2 Å². The predicted octanol–water partition coefficient (Wildman–Crippen LogP) is 4.82. The molecule has 0 saturated carbocycles. The van der Waals surface area contributed by atoms with Crippen molar-refractivity contribution in [1.82, 2.24) is 0 Å². The van der Waals surface area contributed by atoms with Gasteiger partial charge in [0, 0.05) is 17.5 Å². The van der Waals surface area contributed by atoms with E-state index in [9.17, 15) is 14.0 Å². The van der Waals surface area contributed by atoms with Gasteiger partial charge >= 0.3 is 11.6 Å². The first kappa shape index (κ1) is 16.7. The molecule has 1 heterocycles. The number of rotatable bonds is 3. The maximum Gasteiger partial charge on any atom is 0.346 e. The van der Waals surface area contributed by atoms with E-state index in [1.807, 2.05) is 30.3 Å². The topological polar surface area (TPSA) is 56.5 Å². The minimum atomic E-state index is -0.825. The molecule has 0 N–H and O–H groups in total. The second-order valence-electron chi connectivity index (χ2n) is 5.87. The van der Waals surface area contributed by atoms with Gasteiger partial charge in [0.15, 0.2) is 0 Å². The Morgan fingerprint density at radius 1 is 0.889 bits per heavy atom. The molecule has 27 heavy (non-hydrogen) atoms. The number of halogens is 1. The zero-order chi connectivity index (χ0) is 18.8. The lowest BCUT2D eigenvalue weighted by Gasteiger charge is -2.08. The minimum Gasteiger partial charge on any atom is -0.423 e. The predicted molar refractivity (Wildman–Crippen MR) is 99.3 cm³/mol. The van der Waals surface area contributed by atoms with Gasteiger partial charge in [0.2, 0.25) is 0 Å². The quantitative estimate of drug-likeness (QED) is 0.299. The summed E-state index contributed by atoms with van der Waals surface area (Å²) in [7, 11) is 0. The molecule has 0 aliphatic carbocycles. The van der Waals surface area contributed by atoms with Gasteiger partial charge in [-0.1, -0.05) is 42.5 Å². The average Bonchev–Trinajstić information content (AvgIpc) is 2.68. The number of fused-ring (bicyclic) bond motifs is 1. The fourth-order valence-corrected chi connectivity index (χ4v) is 2.85. The number of carbonyl (C=O) groups excluding carboxylic acids is 1. The third-order valence-corrected chi connectivity index (χ3v) is 4.11. The molecule has 4 nitrogen and oxygen atoms in total. The molecule has 0 unspecified atom stereocenters. The van der Waals surface area contributed by atoms with Crippen molar-refractivity contribution in [2.75, 3.05) is 0 Å². The van der Waals surface area contributed by atoms with Crippen molar-refractivity contribution < 1.29 is 18.3 Å². The highest BCUT2D eigenvalue weighted by molar-refractivity contribution is 5.95. The summed E-state index contributed by atoms with van der Waals surface area (Å²) in [5.41, 5.74) is 1.18. The molecule has 1 aromatic heterocycles. The van der Waals surface area contributed by atoms with Crippen molar-refractivity contribution >= 4 is 16.9 Å². The Balaban J connectivity index is 1.74. The van der Waals surface area contributed by atoms with Gasteiger partial charge in [0.05, 0.1) is 5.56 Å². The van der Waals surface area contributed by atoms with Crippen molar-refractivity contribution in [2.24, 2.45) is 0 Å². The van der Waals surface area contributed by atoms with E-state index in [-0.39, 0.29) is 16.9 Å². The number of ether oxygens (including phenoxy) is 1. The van der Waals surface area contributed by atoms with Gasteiger partial charge in [-0.3, -0.25) is 0 Å². The Hall–Kier alpha value is -3.73. The van der Waals surface area contributed by atoms with E-state index >= 15 is 0 Å². The Morgan fingerprint density at radius 3 is 2.41 bits per heavy atom. The Kier molecular flexibility index (Phi) is 4.26. The van der Waals surface area contributed by atoms with Gasteiger partial charge in [0.1, 0.15) is 17.1 Å². The van der Waals surface area contributed by atoms with Crippen LogP contribution in [-0.2, 0) is 0 Å². The first-order valence-electron chi connectivity index (χ1n) is 8.22. The SMILES string of the molecule is O=C(Oc1ccc2c(-c3ccccc3)cc(=O)oc2c1)c1ccccc1F. The lowest BCUT2D eigenvalue weighted by Crippen LogP contribution is -2.10. The van der Waals surface area contributed by atoms with Crippen LogP contribution in [0.15, 0.2) is 88.1 Å². The van der Waals surface area contributed by atoms with Crippen LogP contribution in [-0.4, -0.2) is 5.97 Å². The highest BCUT2D eigenvalue weighted by Crippen LogP contribution is 2.29. The summed E-state index contributed by atoms with van der Waals surface area (Å²) in [6, 6.07) is 21.1. The van der Waals surface area contributed by atoms with Gasteiger partial charge in [-0.15, -0.1) is 0 Å². The maximum absolute atomic E-state index is 13.7. The lowest BCUT2D eigenvalue weighted by molar-refractivity contribution is 0.0730. The Morgan fingerprint density at radius 2 is 1.63 bits per heavy atom. The van der Waals surface area contributed by atoms with E-state index in [0.717, 1.165) is 5.56 Å². The monoisotopic (exact) mass is 360 g/mol. The third kappa shape index (κ3) is 3.35. The molecule has 132 valence electrons. The van der Waals surface area contributed by atoms with E-state index < -0.39 is 17.4 Å². The van der Waals surface area contributed by atoms with Crippen LogP contribution in [0, 0.1) is 5.82 Å². The molecule has 3 aromatic carbocycles. The fourth-order valence-electron chi connectivity index (χ4n) is 2.85. The molecular weight excluding hydrogens is 347 g/mol. The summed E-state index contributed by atoms with van der Waals surface area (Å²) in [4.78, 5) is 24.1.